The zero-order chi connectivity index (χ0) is 11.3. The summed E-state index contributed by atoms with van der Waals surface area (Å²) in [7, 11) is 0. The van der Waals surface area contributed by atoms with E-state index in [0.717, 1.165) is 6.42 Å². The van der Waals surface area contributed by atoms with Crippen LogP contribution in [0.25, 0.3) is 0 Å². The summed E-state index contributed by atoms with van der Waals surface area (Å²) in [6.45, 7) is 4.63. The lowest BCUT2D eigenvalue weighted by atomic mass is 10.2. The Kier molecular flexibility index (Phi) is 7.38. The van der Waals surface area contributed by atoms with Crippen molar-refractivity contribution >= 4 is 29.7 Å². The third-order valence-electron chi connectivity index (χ3n) is 2.28. The van der Waals surface area contributed by atoms with Crippen LogP contribution in [-0.4, -0.2) is 11.9 Å². The number of amides is 1. The quantitative estimate of drug-likeness (QED) is 0.854. The van der Waals surface area contributed by atoms with Gasteiger partial charge in [-0.1, -0.05) is 13.8 Å². The van der Waals surface area contributed by atoms with E-state index in [1.54, 1.807) is 11.3 Å². The van der Waals surface area contributed by atoms with Gasteiger partial charge in [-0.3, -0.25) is 4.79 Å². The number of rotatable bonds is 5. The smallest absolute Gasteiger partial charge is 0.237 e. The highest BCUT2D eigenvalue weighted by atomic mass is 35.5. The molecule has 1 amide bonds. The zero-order valence-electron chi connectivity index (χ0n) is 9.66. The van der Waals surface area contributed by atoms with Crippen LogP contribution < -0.4 is 11.1 Å². The first-order valence-corrected chi connectivity index (χ1v) is 6.09. The highest BCUT2D eigenvalue weighted by Gasteiger charge is 2.10. The van der Waals surface area contributed by atoms with Gasteiger partial charge in [0.05, 0.1) is 12.6 Å². The standard InChI is InChI=1S/C11H18N2OS.ClH/c1-3-8-5-6-9(15-8)7-13-11(14)10(12)4-2;/h5-6,10H,3-4,7,12H2,1-2H3,(H,13,14);1H/t10-;/m0./s1. The number of halogens is 1. The lowest BCUT2D eigenvalue weighted by Crippen LogP contribution is -2.39. The highest BCUT2D eigenvalue weighted by Crippen LogP contribution is 2.16. The third-order valence-corrected chi connectivity index (χ3v) is 3.51. The molecule has 0 saturated carbocycles. The molecule has 0 saturated heterocycles. The molecular weight excluding hydrogens is 244 g/mol. The van der Waals surface area contributed by atoms with E-state index in [1.807, 2.05) is 6.92 Å². The van der Waals surface area contributed by atoms with Crippen LogP contribution in [0.15, 0.2) is 12.1 Å². The lowest BCUT2D eigenvalue weighted by Gasteiger charge is -2.08. The van der Waals surface area contributed by atoms with Gasteiger partial charge in [-0.15, -0.1) is 23.7 Å². The van der Waals surface area contributed by atoms with E-state index in [1.165, 1.54) is 9.75 Å². The third kappa shape index (κ3) is 4.51. The second-order valence-corrected chi connectivity index (χ2v) is 4.71. The van der Waals surface area contributed by atoms with Crippen LogP contribution in [0.5, 0.6) is 0 Å². The van der Waals surface area contributed by atoms with Crippen LogP contribution >= 0.6 is 23.7 Å². The minimum atomic E-state index is -0.379. The number of aryl methyl sites for hydroxylation is 1. The number of hydrogen-bond acceptors (Lipinski definition) is 3. The number of carbonyl (C=O) groups is 1. The molecule has 1 aromatic heterocycles. The average molecular weight is 263 g/mol. The highest BCUT2D eigenvalue weighted by molar-refractivity contribution is 7.11. The SMILES string of the molecule is CCc1ccc(CNC(=O)[C@@H](N)CC)s1.Cl. The second kappa shape index (κ2) is 7.65. The molecule has 0 fully saturated rings. The fraction of sp³-hybridized carbons (Fsp3) is 0.545. The molecule has 1 rings (SSSR count). The number of nitrogens with two attached hydrogens (primary N) is 1. The fourth-order valence-corrected chi connectivity index (χ4v) is 2.10. The van der Waals surface area contributed by atoms with Crippen LogP contribution in [0.4, 0.5) is 0 Å². The van der Waals surface area contributed by atoms with Gasteiger partial charge in [-0.05, 0) is 25.0 Å². The van der Waals surface area contributed by atoms with Crippen molar-refractivity contribution in [1.29, 1.82) is 0 Å². The Bertz CT molecular complexity index is 328. The van der Waals surface area contributed by atoms with Crippen molar-refractivity contribution in [2.75, 3.05) is 0 Å². The Morgan fingerprint density at radius 3 is 2.56 bits per heavy atom. The van der Waals surface area contributed by atoms with E-state index in [4.69, 9.17) is 5.73 Å². The second-order valence-electron chi connectivity index (χ2n) is 3.45. The summed E-state index contributed by atoms with van der Waals surface area (Å²) < 4.78 is 0. The van der Waals surface area contributed by atoms with Crippen molar-refractivity contribution in [2.24, 2.45) is 5.73 Å². The summed E-state index contributed by atoms with van der Waals surface area (Å²) >= 11 is 1.74. The molecule has 3 nitrogen and oxygen atoms in total. The predicted octanol–water partition coefficient (Wildman–Crippen LogP) is 2.09. The van der Waals surface area contributed by atoms with Gasteiger partial charge in [0.25, 0.3) is 0 Å². The molecule has 3 N–H and O–H groups in total. The van der Waals surface area contributed by atoms with Gasteiger partial charge in [0.2, 0.25) is 5.91 Å². The van der Waals surface area contributed by atoms with E-state index in [9.17, 15) is 4.79 Å². The maximum absolute atomic E-state index is 11.4. The Balaban J connectivity index is 0.00000225. The van der Waals surface area contributed by atoms with Gasteiger partial charge in [-0.2, -0.15) is 0 Å². The first kappa shape index (κ1) is 15.4. The molecular formula is C11H19ClN2OS. The fourth-order valence-electron chi connectivity index (χ4n) is 1.20. The van der Waals surface area contributed by atoms with Gasteiger partial charge in [0.15, 0.2) is 0 Å². The summed E-state index contributed by atoms with van der Waals surface area (Å²) in [4.78, 5) is 13.9. The summed E-state index contributed by atoms with van der Waals surface area (Å²) in [6.07, 6.45) is 1.73. The molecule has 0 aliphatic carbocycles. The summed E-state index contributed by atoms with van der Waals surface area (Å²) in [5, 5.41) is 2.83. The zero-order valence-corrected chi connectivity index (χ0v) is 11.3. The molecule has 1 atom stereocenters. The van der Waals surface area contributed by atoms with Gasteiger partial charge >= 0.3 is 0 Å². The van der Waals surface area contributed by atoms with Gasteiger partial charge in [-0.25, -0.2) is 0 Å². The topological polar surface area (TPSA) is 55.1 Å². The number of thiophene rings is 1. The molecule has 16 heavy (non-hydrogen) atoms. The predicted molar refractivity (Wildman–Crippen MR) is 71.1 cm³/mol. The molecule has 0 aliphatic rings. The van der Waals surface area contributed by atoms with Crippen molar-refractivity contribution in [1.82, 2.24) is 5.32 Å². The van der Waals surface area contributed by atoms with Gasteiger partial charge in [0, 0.05) is 9.75 Å². The number of hydrogen-bond donors (Lipinski definition) is 2. The van der Waals surface area contributed by atoms with Crippen LogP contribution in [0, 0.1) is 0 Å². The molecule has 0 radical (unpaired) electrons. The Morgan fingerprint density at radius 2 is 2.06 bits per heavy atom. The first-order chi connectivity index (χ1) is 7.17. The molecule has 0 spiro atoms. The van der Waals surface area contributed by atoms with Crippen molar-refractivity contribution in [3.63, 3.8) is 0 Å². The van der Waals surface area contributed by atoms with Crippen molar-refractivity contribution < 1.29 is 4.79 Å². The van der Waals surface area contributed by atoms with Crippen molar-refractivity contribution in [3.05, 3.63) is 21.9 Å². The molecule has 92 valence electrons. The van der Waals surface area contributed by atoms with Gasteiger partial charge in [0.1, 0.15) is 0 Å². The van der Waals surface area contributed by atoms with Gasteiger partial charge < -0.3 is 11.1 Å². The van der Waals surface area contributed by atoms with Crippen LogP contribution in [0.3, 0.4) is 0 Å². The maximum atomic E-state index is 11.4. The summed E-state index contributed by atoms with van der Waals surface area (Å²) in [5.41, 5.74) is 5.60. The van der Waals surface area contributed by atoms with Crippen LogP contribution in [-0.2, 0) is 17.8 Å². The number of nitrogens with one attached hydrogen (secondary N) is 1. The normalized spacial score (nSPS) is 11.7. The average Bonchev–Trinajstić information content (AvgIpc) is 2.72. The molecule has 0 unspecified atom stereocenters. The van der Waals surface area contributed by atoms with Crippen molar-refractivity contribution in [2.45, 2.75) is 39.3 Å². The van der Waals surface area contributed by atoms with E-state index in [2.05, 4.69) is 24.4 Å². The first-order valence-electron chi connectivity index (χ1n) is 5.28. The minimum absolute atomic E-state index is 0. The largest absolute Gasteiger partial charge is 0.350 e. The van der Waals surface area contributed by atoms with Crippen molar-refractivity contribution in [3.8, 4) is 0 Å². The lowest BCUT2D eigenvalue weighted by molar-refractivity contribution is -0.122. The van der Waals surface area contributed by atoms with E-state index < -0.39 is 0 Å². The molecule has 0 aliphatic heterocycles. The van der Waals surface area contributed by atoms with Crippen LogP contribution in [0.1, 0.15) is 30.0 Å². The Morgan fingerprint density at radius 1 is 1.44 bits per heavy atom. The minimum Gasteiger partial charge on any atom is -0.350 e. The molecule has 5 heteroatoms. The molecule has 1 aromatic rings. The van der Waals surface area contributed by atoms with E-state index in [0.29, 0.717) is 13.0 Å². The Hall–Kier alpha value is -0.580. The summed E-state index contributed by atoms with van der Waals surface area (Å²) in [6, 6.07) is 3.78. The van der Waals surface area contributed by atoms with E-state index >= 15 is 0 Å². The molecule has 0 bridgehead atoms. The summed E-state index contributed by atoms with van der Waals surface area (Å²) in [5.74, 6) is -0.0658. The van der Waals surface area contributed by atoms with E-state index in [-0.39, 0.29) is 24.4 Å². The monoisotopic (exact) mass is 262 g/mol. The number of carbonyl (C=O) groups excluding carboxylic acids is 1. The molecule has 1 heterocycles. The maximum Gasteiger partial charge on any atom is 0.237 e. The van der Waals surface area contributed by atoms with Crippen LogP contribution in [0.2, 0.25) is 0 Å². The molecule has 0 aromatic carbocycles. The Labute approximate surface area is 107 Å².